The number of ether oxygens (including phenoxy) is 1. The molecule has 0 bridgehead atoms. The Kier molecular flexibility index (Phi) is 10.8. The molecule has 0 aromatic heterocycles. The highest BCUT2D eigenvalue weighted by Crippen LogP contribution is 1.98. The van der Waals surface area contributed by atoms with Gasteiger partial charge in [-0.2, -0.15) is 0 Å². The van der Waals surface area contributed by atoms with Crippen LogP contribution in [0, 0.1) is 0 Å². The molecule has 0 aliphatic carbocycles. The van der Waals surface area contributed by atoms with Gasteiger partial charge in [0.25, 0.3) is 0 Å². The SMILES string of the molecule is CCOC(=O)B(F)Br.CN(C)C. The van der Waals surface area contributed by atoms with E-state index < -0.39 is 11.7 Å². The first-order chi connectivity index (χ1) is 5.41. The van der Waals surface area contributed by atoms with Gasteiger partial charge in [-0.1, -0.05) is 15.8 Å². The maximum absolute atomic E-state index is 11.7. The van der Waals surface area contributed by atoms with Crippen LogP contribution in [0.2, 0.25) is 0 Å². The number of hydrogen-bond donors (Lipinski definition) is 0. The molecular weight excluding hydrogens is 228 g/mol. The minimum absolute atomic E-state index is 0.213. The number of nitrogens with zero attached hydrogens (tertiary/aromatic N) is 1. The molecule has 0 aliphatic heterocycles. The van der Waals surface area contributed by atoms with E-state index in [4.69, 9.17) is 0 Å². The van der Waals surface area contributed by atoms with Gasteiger partial charge >= 0.3 is 11.7 Å². The zero-order valence-corrected chi connectivity index (χ0v) is 9.39. The molecule has 0 aliphatic rings. The fourth-order valence-electron chi connectivity index (χ4n) is 0.205. The molecule has 0 saturated carbocycles. The molecule has 0 aromatic carbocycles. The van der Waals surface area contributed by atoms with Crippen LogP contribution in [0.4, 0.5) is 9.11 Å². The van der Waals surface area contributed by atoms with Crippen molar-refractivity contribution in [3.05, 3.63) is 0 Å². The number of halogens is 2. The van der Waals surface area contributed by atoms with Crippen molar-refractivity contribution < 1.29 is 13.8 Å². The van der Waals surface area contributed by atoms with Crippen molar-refractivity contribution in [2.24, 2.45) is 0 Å². The first-order valence-corrected chi connectivity index (χ1v) is 4.39. The van der Waals surface area contributed by atoms with Crippen LogP contribution in [-0.2, 0) is 4.74 Å². The summed E-state index contributed by atoms with van der Waals surface area (Å²) in [5.74, 6) is -2.55. The number of rotatable bonds is 2. The van der Waals surface area contributed by atoms with E-state index in [0.717, 1.165) is 0 Å². The molecule has 0 fully saturated rings. The second kappa shape index (κ2) is 9.00. The smallest absolute Gasteiger partial charge is 0.470 e. The average Bonchev–Trinajstić information content (AvgIpc) is 1.86. The van der Waals surface area contributed by atoms with E-state index in [1.807, 2.05) is 26.0 Å². The standard InChI is InChI=1S/C3H5BBrFO2.C3H9N/c1-2-8-3(7)4(5)6;1-4(2)3/h2H2,1H3;1-3H3. The Bertz CT molecular complexity index is 121. The van der Waals surface area contributed by atoms with E-state index in [2.05, 4.69) is 20.5 Å². The number of carbonyl (C=O) groups is 1. The van der Waals surface area contributed by atoms with Crippen LogP contribution in [0.15, 0.2) is 0 Å². The predicted octanol–water partition coefficient (Wildman–Crippen LogP) is 1.76. The van der Waals surface area contributed by atoms with Crippen LogP contribution >= 0.6 is 15.8 Å². The third-order valence-corrected chi connectivity index (χ3v) is 0.839. The molecule has 0 saturated heterocycles. The molecule has 72 valence electrons. The summed E-state index contributed by atoms with van der Waals surface area (Å²) in [6.07, 6.45) is 0. The average molecular weight is 242 g/mol. The molecule has 0 unspecified atom stereocenters. The number of carbonyl (C=O) groups excluding carboxylic acids is 1. The van der Waals surface area contributed by atoms with E-state index in [1.165, 1.54) is 0 Å². The molecular formula is C6H14BBrFNO2. The van der Waals surface area contributed by atoms with Gasteiger partial charge in [0.1, 0.15) is 0 Å². The molecule has 0 aromatic rings. The Labute approximate surface area is 81.4 Å². The molecule has 0 amide bonds. The van der Waals surface area contributed by atoms with Crippen LogP contribution in [0.5, 0.6) is 0 Å². The summed E-state index contributed by atoms with van der Waals surface area (Å²) in [5, 5.41) is 0. The lowest BCUT2D eigenvalue weighted by Crippen LogP contribution is -2.14. The Morgan fingerprint density at radius 2 is 1.92 bits per heavy atom. The van der Waals surface area contributed by atoms with Crippen molar-refractivity contribution in [1.29, 1.82) is 0 Å². The predicted molar refractivity (Wildman–Crippen MR) is 52.4 cm³/mol. The monoisotopic (exact) mass is 241 g/mol. The van der Waals surface area contributed by atoms with Crippen LogP contribution in [0.25, 0.3) is 0 Å². The third-order valence-electron chi connectivity index (χ3n) is 0.465. The Morgan fingerprint density at radius 1 is 1.58 bits per heavy atom. The van der Waals surface area contributed by atoms with Gasteiger partial charge in [-0.3, -0.25) is 4.79 Å². The molecule has 0 N–H and O–H groups in total. The second-order valence-corrected chi connectivity index (χ2v) is 3.20. The maximum atomic E-state index is 11.7. The van der Waals surface area contributed by atoms with E-state index in [1.54, 1.807) is 6.92 Å². The van der Waals surface area contributed by atoms with Crippen molar-refractivity contribution in [1.82, 2.24) is 4.90 Å². The van der Waals surface area contributed by atoms with Crippen molar-refractivity contribution in [3.63, 3.8) is 0 Å². The van der Waals surface area contributed by atoms with Crippen LogP contribution in [0.3, 0.4) is 0 Å². The maximum Gasteiger partial charge on any atom is 0.542 e. The van der Waals surface area contributed by atoms with Gasteiger partial charge in [0.2, 0.25) is 0 Å². The van der Waals surface area contributed by atoms with E-state index in [0.29, 0.717) is 0 Å². The summed E-state index contributed by atoms with van der Waals surface area (Å²) in [5.41, 5.74) is 0. The quantitative estimate of drug-likeness (QED) is 0.691. The topological polar surface area (TPSA) is 29.5 Å². The van der Waals surface area contributed by atoms with Gasteiger partial charge in [0, 0.05) is 0 Å². The number of hydrogen-bond acceptors (Lipinski definition) is 3. The second-order valence-electron chi connectivity index (χ2n) is 2.39. The largest absolute Gasteiger partial charge is 0.542 e. The normalized spacial score (nSPS) is 8.58. The lowest BCUT2D eigenvalue weighted by Gasteiger charge is -1.95. The summed E-state index contributed by atoms with van der Waals surface area (Å²) < 4.78 is 16.0. The van der Waals surface area contributed by atoms with Crippen LogP contribution in [0.1, 0.15) is 6.92 Å². The van der Waals surface area contributed by atoms with E-state index in [-0.39, 0.29) is 6.61 Å². The van der Waals surface area contributed by atoms with Crippen molar-refractivity contribution >= 4 is 27.4 Å². The first kappa shape index (κ1) is 14.4. The van der Waals surface area contributed by atoms with Gasteiger partial charge in [-0.15, -0.1) is 0 Å². The minimum Gasteiger partial charge on any atom is -0.470 e. The Hall–Kier alpha value is -0.0951. The molecule has 0 atom stereocenters. The van der Waals surface area contributed by atoms with Gasteiger partial charge < -0.3 is 14.0 Å². The van der Waals surface area contributed by atoms with E-state index in [9.17, 15) is 9.11 Å². The van der Waals surface area contributed by atoms with Crippen LogP contribution in [-0.4, -0.2) is 44.3 Å². The zero-order chi connectivity index (χ0) is 10.1. The molecule has 0 heterocycles. The third kappa shape index (κ3) is 16.5. The summed E-state index contributed by atoms with van der Waals surface area (Å²) in [6, 6.07) is 0. The minimum atomic E-state index is -1.68. The highest BCUT2D eigenvalue weighted by atomic mass is 79.9. The Morgan fingerprint density at radius 3 is 2.00 bits per heavy atom. The molecule has 6 heteroatoms. The lowest BCUT2D eigenvalue weighted by atomic mass is 10.1. The summed E-state index contributed by atoms with van der Waals surface area (Å²) in [7, 11) is 6.00. The van der Waals surface area contributed by atoms with Gasteiger partial charge in [-0.05, 0) is 28.1 Å². The fraction of sp³-hybridized carbons (Fsp3) is 0.833. The summed E-state index contributed by atoms with van der Waals surface area (Å²) >= 11 is 2.40. The van der Waals surface area contributed by atoms with Gasteiger partial charge in [-0.25, -0.2) is 0 Å². The highest BCUT2D eigenvalue weighted by molar-refractivity contribution is 9.25. The molecule has 3 nitrogen and oxygen atoms in total. The van der Waals surface area contributed by atoms with Crippen molar-refractivity contribution in [3.8, 4) is 0 Å². The molecule has 0 rings (SSSR count). The summed E-state index contributed by atoms with van der Waals surface area (Å²) in [4.78, 5) is 12.1. The lowest BCUT2D eigenvalue weighted by molar-refractivity contribution is 0.177. The van der Waals surface area contributed by atoms with Gasteiger partial charge in [0.05, 0.1) is 6.61 Å². The van der Waals surface area contributed by atoms with E-state index >= 15 is 0 Å². The Balaban J connectivity index is 0. The molecule has 0 spiro atoms. The van der Waals surface area contributed by atoms with Crippen molar-refractivity contribution in [2.45, 2.75) is 6.92 Å². The first-order valence-electron chi connectivity index (χ1n) is 3.47. The van der Waals surface area contributed by atoms with Crippen LogP contribution < -0.4 is 0 Å². The molecule has 0 radical (unpaired) electrons. The molecule has 12 heavy (non-hydrogen) atoms. The zero-order valence-electron chi connectivity index (χ0n) is 7.80. The summed E-state index contributed by atoms with van der Waals surface area (Å²) in [6.45, 7) is 1.83. The highest BCUT2D eigenvalue weighted by Gasteiger charge is 2.21. The van der Waals surface area contributed by atoms with Crippen molar-refractivity contribution in [2.75, 3.05) is 27.7 Å². The fourth-order valence-corrected chi connectivity index (χ4v) is 0.337. The van der Waals surface area contributed by atoms with Gasteiger partial charge in [0.15, 0.2) is 0 Å².